The number of aryl methyl sites for hydroxylation is 1. The molecule has 0 aliphatic carbocycles. The highest BCUT2D eigenvalue weighted by Crippen LogP contribution is 2.11. The van der Waals surface area contributed by atoms with E-state index in [4.69, 9.17) is 5.26 Å². The predicted octanol–water partition coefficient (Wildman–Crippen LogP) is 2.49. The molecule has 0 heterocycles. The number of carbonyl (C=O) groups excluding carboxylic acids is 2. The zero-order chi connectivity index (χ0) is 16.7. The molecule has 0 spiro atoms. The molecule has 0 radical (unpaired) electrons. The van der Waals surface area contributed by atoms with Crippen LogP contribution in [0.3, 0.4) is 0 Å². The van der Waals surface area contributed by atoms with Gasteiger partial charge in [0, 0.05) is 24.7 Å². The van der Waals surface area contributed by atoms with Crippen LogP contribution in [-0.2, 0) is 11.2 Å². The molecule has 0 saturated heterocycles. The van der Waals surface area contributed by atoms with Crippen molar-refractivity contribution in [3.8, 4) is 6.07 Å². The minimum atomic E-state index is -0.163. The Labute approximate surface area is 134 Å². The Morgan fingerprint density at radius 3 is 2.26 bits per heavy atom. The molecule has 2 amide bonds. The molecule has 0 atom stereocenters. The van der Waals surface area contributed by atoms with E-state index >= 15 is 0 Å². The van der Waals surface area contributed by atoms with E-state index in [2.05, 4.69) is 16.7 Å². The number of nitrogens with one attached hydrogen (secondary N) is 2. The quantitative estimate of drug-likeness (QED) is 0.890. The Morgan fingerprint density at radius 2 is 1.70 bits per heavy atom. The number of nitrogens with zero attached hydrogens (tertiary/aromatic N) is 1. The van der Waals surface area contributed by atoms with Crippen LogP contribution in [0.2, 0.25) is 0 Å². The second-order valence-corrected chi connectivity index (χ2v) is 5.01. The third-order valence-corrected chi connectivity index (χ3v) is 3.38. The van der Waals surface area contributed by atoms with Crippen molar-refractivity contribution < 1.29 is 9.59 Å². The minimum absolute atomic E-state index is 0.0953. The van der Waals surface area contributed by atoms with Gasteiger partial charge in [-0.05, 0) is 48.4 Å². The van der Waals surface area contributed by atoms with Crippen LogP contribution in [0.4, 0.5) is 5.69 Å². The fourth-order valence-electron chi connectivity index (χ4n) is 2.08. The normalized spacial score (nSPS) is 9.74. The summed E-state index contributed by atoms with van der Waals surface area (Å²) >= 11 is 0. The molecule has 2 aromatic rings. The van der Waals surface area contributed by atoms with Gasteiger partial charge in [0.2, 0.25) is 5.91 Å². The molecule has 0 unspecified atom stereocenters. The van der Waals surface area contributed by atoms with Gasteiger partial charge in [0.15, 0.2) is 0 Å². The molecule has 0 bridgehead atoms. The summed E-state index contributed by atoms with van der Waals surface area (Å²) in [7, 11) is 1.57. The summed E-state index contributed by atoms with van der Waals surface area (Å²) in [6.07, 6.45) is 0.955. The van der Waals surface area contributed by atoms with Crippen LogP contribution in [0.15, 0.2) is 48.5 Å². The molecule has 0 saturated carbocycles. The van der Waals surface area contributed by atoms with Crippen LogP contribution in [0.25, 0.3) is 0 Å². The lowest BCUT2D eigenvalue weighted by Gasteiger charge is -2.06. The minimum Gasteiger partial charge on any atom is -0.355 e. The van der Waals surface area contributed by atoms with Gasteiger partial charge in [0.05, 0.1) is 11.6 Å². The number of hydrogen-bond acceptors (Lipinski definition) is 3. The van der Waals surface area contributed by atoms with Crippen LogP contribution < -0.4 is 10.6 Å². The van der Waals surface area contributed by atoms with Crippen molar-refractivity contribution in [2.75, 3.05) is 12.4 Å². The number of rotatable bonds is 5. The summed E-state index contributed by atoms with van der Waals surface area (Å²) in [5.74, 6) is -0.259. The van der Waals surface area contributed by atoms with E-state index in [-0.39, 0.29) is 11.8 Å². The van der Waals surface area contributed by atoms with Gasteiger partial charge in [-0.1, -0.05) is 12.1 Å². The van der Waals surface area contributed by atoms with Crippen LogP contribution in [0.5, 0.6) is 0 Å². The number of hydrogen-bond donors (Lipinski definition) is 2. The highest BCUT2D eigenvalue weighted by Gasteiger charge is 2.06. The number of amides is 2. The Bertz CT molecular complexity index is 728. The molecule has 0 aliphatic heterocycles. The first-order valence-electron chi connectivity index (χ1n) is 7.23. The molecule has 116 valence electrons. The third-order valence-electron chi connectivity index (χ3n) is 3.38. The van der Waals surface area contributed by atoms with E-state index in [9.17, 15) is 9.59 Å². The lowest BCUT2D eigenvalue weighted by molar-refractivity contribution is -0.116. The largest absolute Gasteiger partial charge is 0.355 e. The highest BCUT2D eigenvalue weighted by molar-refractivity contribution is 5.95. The summed E-state index contributed by atoms with van der Waals surface area (Å²) in [6.45, 7) is 0. The Balaban J connectivity index is 1.86. The number of carbonyl (C=O) groups is 2. The molecule has 2 aromatic carbocycles. The first-order valence-corrected chi connectivity index (χ1v) is 7.23. The van der Waals surface area contributed by atoms with Crippen molar-refractivity contribution >= 4 is 17.5 Å². The molecular formula is C18H17N3O2. The Hall–Kier alpha value is -3.13. The number of anilines is 1. The Morgan fingerprint density at radius 1 is 1.04 bits per heavy atom. The Kier molecular flexibility index (Phi) is 5.48. The monoisotopic (exact) mass is 307 g/mol. The van der Waals surface area contributed by atoms with Crippen LogP contribution >= 0.6 is 0 Å². The maximum atomic E-state index is 11.9. The first kappa shape index (κ1) is 16.2. The van der Waals surface area contributed by atoms with Crippen molar-refractivity contribution in [3.05, 3.63) is 65.2 Å². The summed E-state index contributed by atoms with van der Waals surface area (Å²) in [5, 5.41) is 14.1. The summed E-state index contributed by atoms with van der Waals surface area (Å²) < 4.78 is 0. The zero-order valence-electron chi connectivity index (χ0n) is 12.8. The summed E-state index contributed by atoms with van der Waals surface area (Å²) in [4.78, 5) is 23.4. The summed E-state index contributed by atoms with van der Waals surface area (Å²) in [5.41, 5.74) is 2.81. The van der Waals surface area contributed by atoms with Gasteiger partial charge < -0.3 is 10.6 Å². The maximum Gasteiger partial charge on any atom is 0.251 e. The molecule has 0 aliphatic rings. The zero-order valence-corrected chi connectivity index (χ0v) is 12.8. The van der Waals surface area contributed by atoms with Crippen LogP contribution in [0.1, 0.15) is 27.9 Å². The summed E-state index contributed by atoms with van der Waals surface area (Å²) in [6, 6.07) is 16.0. The van der Waals surface area contributed by atoms with Gasteiger partial charge in [-0.25, -0.2) is 0 Å². The van der Waals surface area contributed by atoms with Gasteiger partial charge in [0.1, 0.15) is 0 Å². The fourth-order valence-corrected chi connectivity index (χ4v) is 2.08. The fraction of sp³-hybridized carbons (Fsp3) is 0.167. The van der Waals surface area contributed by atoms with Gasteiger partial charge in [-0.3, -0.25) is 9.59 Å². The number of nitriles is 1. The molecule has 5 heteroatoms. The van der Waals surface area contributed by atoms with Gasteiger partial charge in [0.25, 0.3) is 5.91 Å². The van der Waals surface area contributed by atoms with E-state index in [0.717, 1.165) is 5.56 Å². The molecule has 2 N–H and O–H groups in total. The second-order valence-electron chi connectivity index (χ2n) is 5.01. The average molecular weight is 307 g/mol. The first-order chi connectivity index (χ1) is 11.1. The van der Waals surface area contributed by atoms with Gasteiger partial charge in [-0.15, -0.1) is 0 Å². The third kappa shape index (κ3) is 4.68. The molecule has 0 fully saturated rings. The van der Waals surface area contributed by atoms with Gasteiger partial charge in [-0.2, -0.15) is 5.26 Å². The van der Waals surface area contributed by atoms with E-state index < -0.39 is 0 Å². The number of benzene rings is 2. The lowest BCUT2D eigenvalue weighted by atomic mass is 10.1. The molecular weight excluding hydrogens is 290 g/mol. The predicted molar refractivity (Wildman–Crippen MR) is 87.9 cm³/mol. The highest BCUT2D eigenvalue weighted by atomic mass is 16.2. The van der Waals surface area contributed by atoms with E-state index in [1.807, 2.05) is 12.1 Å². The van der Waals surface area contributed by atoms with E-state index in [0.29, 0.717) is 29.7 Å². The topological polar surface area (TPSA) is 82.0 Å². The molecule has 5 nitrogen and oxygen atoms in total. The van der Waals surface area contributed by atoms with E-state index in [1.54, 1.807) is 43.4 Å². The lowest BCUT2D eigenvalue weighted by Crippen LogP contribution is -2.18. The van der Waals surface area contributed by atoms with E-state index in [1.165, 1.54) is 0 Å². The van der Waals surface area contributed by atoms with Crippen LogP contribution in [0, 0.1) is 11.3 Å². The van der Waals surface area contributed by atoms with Crippen LogP contribution in [-0.4, -0.2) is 18.9 Å². The van der Waals surface area contributed by atoms with Crippen molar-refractivity contribution in [3.63, 3.8) is 0 Å². The molecule has 0 aromatic heterocycles. The average Bonchev–Trinajstić information content (AvgIpc) is 2.60. The maximum absolute atomic E-state index is 11.9. The SMILES string of the molecule is CNC(=O)c1ccc(NC(=O)CCc2ccc(C#N)cc2)cc1. The second kappa shape index (κ2) is 7.76. The van der Waals surface area contributed by atoms with Crippen molar-refractivity contribution in [2.45, 2.75) is 12.8 Å². The molecule has 2 rings (SSSR count). The van der Waals surface area contributed by atoms with Crippen molar-refractivity contribution in [2.24, 2.45) is 0 Å². The van der Waals surface area contributed by atoms with Crippen molar-refractivity contribution in [1.82, 2.24) is 5.32 Å². The standard InChI is InChI=1S/C18H17N3O2/c1-20-18(23)15-7-9-16(10-8-15)21-17(22)11-6-13-2-4-14(12-19)5-3-13/h2-5,7-10H,6,11H2,1H3,(H,20,23)(H,21,22). The van der Waals surface area contributed by atoms with Gasteiger partial charge >= 0.3 is 0 Å². The smallest absolute Gasteiger partial charge is 0.251 e. The van der Waals surface area contributed by atoms with Crippen molar-refractivity contribution in [1.29, 1.82) is 5.26 Å². The molecule has 23 heavy (non-hydrogen) atoms.